The van der Waals surface area contributed by atoms with Gasteiger partial charge < -0.3 is 15.3 Å². The molecule has 0 aliphatic heterocycles. The van der Waals surface area contributed by atoms with Crippen LogP contribution in [0.3, 0.4) is 0 Å². The highest BCUT2D eigenvalue weighted by Crippen LogP contribution is 2.17. The van der Waals surface area contributed by atoms with Gasteiger partial charge in [0.2, 0.25) is 0 Å². The molecule has 1 rings (SSSR count). The van der Waals surface area contributed by atoms with E-state index in [0.29, 0.717) is 0 Å². The lowest BCUT2D eigenvalue weighted by Crippen LogP contribution is -2.39. The van der Waals surface area contributed by atoms with E-state index in [0.717, 1.165) is 10.0 Å². The van der Waals surface area contributed by atoms with Crippen LogP contribution < -0.4 is 5.32 Å². The van der Waals surface area contributed by atoms with Gasteiger partial charge in [-0.3, -0.25) is 4.79 Å². The highest BCUT2D eigenvalue weighted by Gasteiger charge is 2.14. The van der Waals surface area contributed by atoms with E-state index in [4.69, 9.17) is 5.11 Å². The molecule has 1 aromatic rings. The van der Waals surface area contributed by atoms with Gasteiger partial charge in [-0.25, -0.2) is 4.79 Å². The van der Waals surface area contributed by atoms with Crippen LogP contribution in [0.25, 0.3) is 0 Å². The number of carboxylic acids is 1. The second kappa shape index (κ2) is 7.13. The number of urea groups is 1. The van der Waals surface area contributed by atoms with Crippen molar-refractivity contribution in [3.63, 3.8) is 0 Å². The zero-order valence-electron chi connectivity index (χ0n) is 10.9. The molecule has 0 aromatic heterocycles. The molecule has 6 heteroatoms. The molecule has 5 nitrogen and oxygen atoms in total. The van der Waals surface area contributed by atoms with Crippen molar-refractivity contribution in [1.82, 2.24) is 10.2 Å². The summed E-state index contributed by atoms with van der Waals surface area (Å²) in [5.74, 6) is -0.917. The number of carbonyl (C=O) groups excluding carboxylic acids is 1. The van der Waals surface area contributed by atoms with E-state index in [1.165, 1.54) is 4.90 Å². The van der Waals surface area contributed by atoms with Gasteiger partial charge in [0.25, 0.3) is 0 Å². The molecule has 1 atom stereocenters. The van der Waals surface area contributed by atoms with Crippen LogP contribution >= 0.6 is 15.9 Å². The number of benzene rings is 1. The Morgan fingerprint density at radius 2 is 2.16 bits per heavy atom. The van der Waals surface area contributed by atoms with Gasteiger partial charge in [-0.1, -0.05) is 28.1 Å². The summed E-state index contributed by atoms with van der Waals surface area (Å²) in [5.41, 5.74) is 0.981. The van der Waals surface area contributed by atoms with Gasteiger partial charge >= 0.3 is 12.0 Å². The third-order valence-corrected chi connectivity index (χ3v) is 3.19. The standard InChI is InChI=1S/C13H17BrN2O3/c1-9(10-4-3-5-11(14)8-10)15-13(19)16(2)7-6-12(17)18/h3-5,8-9H,6-7H2,1-2H3,(H,15,19)(H,17,18). The smallest absolute Gasteiger partial charge is 0.317 e. The number of hydrogen-bond acceptors (Lipinski definition) is 2. The minimum atomic E-state index is -0.917. The second-order valence-corrected chi connectivity index (χ2v) is 5.21. The van der Waals surface area contributed by atoms with Gasteiger partial charge in [0.15, 0.2) is 0 Å². The number of nitrogens with zero attached hydrogens (tertiary/aromatic N) is 1. The fourth-order valence-electron chi connectivity index (χ4n) is 1.52. The maximum absolute atomic E-state index is 11.8. The predicted molar refractivity (Wildman–Crippen MR) is 76.0 cm³/mol. The molecule has 0 saturated heterocycles. The summed E-state index contributed by atoms with van der Waals surface area (Å²) in [6, 6.07) is 7.24. The highest BCUT2D eigenvalue weighted by atomic mass is 79.9. The summed E-state index contributed by atoms with van der Waals surface area (Å²) in [5, 5.41) is 11.4. The Morgan fingerprint density at radius 1 is 1.47 bits per heavy atom. The summed E-state index contributed by atoms with van der Waals surface area (Å²) >= 11 is 3.38. The molecular formula is C13H17BrN2O3. The van der Waals surface area contributed by atoms with Crippen molar-refractivity contribution in [3.8, 4) is 0 Å². The molecule has 1 aromatic carbocycles. The second-order valence-electron chi connectivity index (χ2n) is 4.29. The number of rotatable bonds is 5. The van der Waals surface area contributed by atoms with Crippen LogP contribution in [0.15, 0.2) is 28.7 Å². The Labute approximate surface area is 120 Å². The van der Waals surface area contributed by atoms with Crippen LogP contribution in [0.2, 0.25) is 0 Å². The number of amides is 2. The Balaban J connectivity index is 2.54. The van der Waals surface area contributed by atoms with E-state index < -0.39 is 5.97 Å². The maximum atomic E-state index is 11.8. The van der Waals surface area contributed by atoms with Gasteiger partial charge in [0, 0.05) is 18.1 Å². The van der Waals surface area contributed by atoms with Crippen molar-refractivity contribution >= 4 is 27.9 Å². The average Bonchev–Trinajstić information content (AvgIpc) is 2.35. The molecule has 0 saturated carbocycles. The van der Waals surface area contributed by atoms with Gasteiger partial charge in [0.05, 0.1) is 12.5 Å². The highest BCUT2D eigenvalue weighted by molar-refractivity contribution is 9.10. The van der Waals surface area contributed by atoms with E-state index in [2.05, 4.69) is 21.2 Å². The number of aliphatic carboxylic acids is 1. The average molecular weight is 329 g/mol. The van der Waals surface area contributed by atoms with Crippen molar-refractivity contribution in [3.05, 3.63) is 34.3 Å². The van der Waals surface area contributed by atoms with E-state index in [-0.39, 0.29) is 25.0 Å². The van der Waals surface area contributed by atoms with Crippen LogP contribution in [-0.4, -0.2) is 35.6 Å². The first-order chi connectivity index (χ1) is 8.90. The van der Waals surface area contributed by atoms with Crippen molar-refractivity contribution in [2.24, 2.45) is 0 Å². The first-order valence-electron chi connectivity index (χ1n) is 5.89. The fraction of sp³-hybridized carbons (Fsp3) is 0.385. The van der Waals surface area contributed by atoms with E-state index in [1.54, 1.807) is 7.05 Å². The molecule has 0 heterocycles. The van der Waals surface area contributed by atoms with Crippen LogP contribution in [0.1, 0.15) is 24.9 Å². The topological polar surface area (TPSA) is 69.6 Å². The maximum Gasteiger partial charge on any atom is 0.317 e. The summed E-state index contributed by atoms with van der Waals surface area (Å²) in [4.78, 5) is 23.6. The molecule has 0 bridgehead atoms. The zero-order chi connectivity index (χ0) is 14.4. The monoisotopic (exact) mass is 328 g/mol. The molecule has 2 amide bonds. The van der Waals surface area contributed by atoms with Crippen molar-refractivity contribution in [2.75, 3.05) is 13.6 Å². The molecule has 0 fully saturated rings. The molecular weight excluding hydrogens is 312 g/mol. The lowest BCUT2D eigenvalue weighted by Gasteiger charge is -2.21. The van der Waals surface area contributed by atoms with Gasteiger partial charge in [-0.05, 0) is 24.6 Å². The molecule has 2 N–H and O–H groups in total. The summed E-state index contributed by atoms with van der Waals surface area (Å²) in [6.45, 7) is 2.07. The van der Waals surface area contributed by atoms with Crippen molar-refractivity contribution in [1.29, 1.82) is 0 Å². The van der Waals surface area contributed by atoms with Gasteiger partial charge in [0.1, 0.15) is 0 Å². The Kier molecular flexibility index (Phi) is 5.82. The van der Waals surface area contributed by atoms with Crippen LogP contribution in [0.5, 0.6) is 0 Å². The zero-order valence-corrected chi connectivity index (χ0v) is 12.5. The largest absolute Gasteiger partial charge is 0.481 e. The first-order valence-corrected chi connectivity index (χ1v) is 6.68. The van der Waals surface area contributed by atoms with Crippen molar-refractivity contribution in [2.45, 2.75) is 19.4 Å². The lowest BCUT2D eigenvalue weighted by molar-refractivity contribution is -0.137. The summed E-state index contributed by atoms with van der Waals surface area (Å²) < 4.78 is 0.949. The van der Waals surface area contributed by atoms with E-state index in [9.17, 15) is 9.59 Å². The minimum absolute atomic E-state index is 0.0603. The van der Waals surface area contributed by atoms with Gasteiger partial charge in [-0.2, -0.15) is 0 Å². The quantitative estimate of drug-likeness (QED) is 0.872. The SMILES string of the molecule is CC(NC(=O)N(C)CCC(=O)O)c1cccc(Br)c1. The summed E-state index contributed by atoms with van der Waals surface area (Å²) in [6.07, 6.45) is -0.0603. The van der Waals surface area contributed by atoms with E-state index >= 15 is 0 Å². The number of carboxylic acid groups (broad SMARTS) is 1. The lowest BCUT2D eigenvalue weighted by atomic mass is 10.1. The van der Waals surface area contributed by atoms with Crippen LogP contribution in [0, 0.1) is 0 Å². The predicted octanol–water partition coefficient (Wildman–Crippen LogP) is 2.63. The molecule has 104 valence electrons. The summed E-state index contributed by atoms with van der Waals surface area (Å²) in [7, 11) is 1.58. The Bertz CT molecular complexity index is 465. The number of nitrogens with one attached hydrogen (secondary N) is 1. The first kappa shape index (κ1) is 15.5. The third-order valence-electron chi connectivity index (χ3n) is 2.70. The fourth-order valence-corrected chi connectivity index (χ4v) is 1.94. The minimum Gasteiger partial charge on any atom is -0.481 e. The number of carbonyl (C=O) groups is 2. The molecule has 19 heavy (non-hydrogen) atoms. The number of halogens is 1. The van der Waals surface area contributed by atoms with Crippen LogP contribution in [0.4, 0.5) is 4.79 Å². The van der Waals surface area contributed by atoms with Crippen LogP contribution in [-0.2, 0) is 4.79 Å². The van der Waals surface area contributed by atoms with Crippen molar-refractivity contribution < 1.29 is 14.7 Å². The van der Waals surface area contributed by atoms with E-state index in [1.807, 2.05) is 31.2 Å². The third kappa shape index (κ3) is 5.30. The molecule has 0 spiro atoms. The molecule has 1 unspecified atom stereocenters. The normalized spacial score (nSPS) is 11.7. The molecule has 0 radical (unpaired) electrons. The number of hydrogen-bond donors (Lipinski definition) is 2. The molecule has 0 aliphatic rings. The Hall–Kier alpha value is -1.56. The van der Waals surface area contributed by atoms with Gasteiger partial charge in [-0.15, -0.1) is 0 Å². The molecule has 0 aliphatic carbocycles. The Morgan fingerprint density at radius 3 is 2.74 bits per heavy atom.